The first-order valence-corrected chi connectivity index (χ1v) is 4.11. The molecule has 13 heavy (non-hydrogen) atoms. The average molecular weight is 184 g/mol. The lowest BCUT2D eigenvalue weighted by atomic mass is 10.3. The van der Waals surface area contributed by atoms with Gasteiger partial charge >= 0.3 is 5.95 Å². The van der Waals surface area contributed by atoms with Crippen LogP contribution >= 0.6 is 0 Å². The monoisotopic (exact) mass is 184 g/mol. The second kappa shape index (κ2) is 4.56. The van der Waals surface area contributed by atoms with Crippen LogP contribution in [0.5, 0.6) is 0 Å². The zero-order valence-electron chi connectivity index (χ0n) is 7.22. The molecule has 6 heteroatoms. The van der Waals surface area contributed by atoms with Crippen molar-refractivity contribution in [2.75, 3.05) is 6.54 Å². The molecule has 1 heterocycles. The maximum atomic E-state index is 10.4. The molecule has 0 aliphatic rings. The number of hydrogen-bond donors (Lipinski definition) is 1. The Morgan fingerprint density at radius 1 is 1.62 bits per heavy atom. The number of imidazole rings is 1. The summed E-state index contributed by atoms with van der Waals surface area (Å²) in [4.78, 5) is 13.6. The van der Waals surface area contributed by atoms with E-state index in [1.54, 1.807) is 6.20 Å². The van der Waals surface area contributed by atoms with Crippen molar-refractivity contribution in [2.45, 2.75) is 19.4 Å². The van der Waals surface area contributed by atoms with Crippen molar-refractivity contribution >= 4 is 5.95 Å². The first-order valence-electron chi connectivity index (χ1n) is 4.11. The maximum Gasteiger partial charge on any atom is 0.434 e. The van der Waals surface area contributed by atoms with Gasteiger partial charge in [-0.15, -0.1) is 0 Å². The van der Waals surface area contributed by atoms with Crippen LogP contribution in [0.25, 0.3) is 0 Å². The summed E-state index contributed by atoms with van der Waals surface area (Å²) in [5.74, 6) is -0.1000. The van der Waals surface area contributed by atoms with Crippen molar-refractivity contribution in [1.29, 1.82) is 0 Å². The molecule has 0 aromatic carbocycles. The van der Waals surface area contributed by atoms with Gasteiger partial charge in [-0.2, -0.15) is 0 Å². The second-order valence-electron chi connectivity index (χ2n) is 2.67. The van der Waals surface area contributed by atoms with Gasteiger partial charge in [0.2, 0.25) is 0 Å². The molecule has 72 valence electrons. The Morgan fingerprint density at radius 2 is 2.38 bits per heavy atom. The average Bonchev–Trinajstić information content (AvgIpc) is 2.53. The van der Waals surface area contributed by atoms with E-state index in [-0.39, 0.29) is 5.95 Å². The predicted octanol–water partition coefficient (Wildman–Crippen LogP) is 0.530. The third-order valence-corrected chi connectivity index (χ3v) is 1.71. The van der Waals surface area contributed by atoms with Crippen LogP contribution in [0.1, 0.15) is 12.8 Å². The molecule has 0 aliphatic carbocycles. The van der Waals surface area contributed by atoms with Gasteiger partial charge in [0.25, 0.3) is 0 Å². The predicted molar refractivity (Wildman–Crippen MR) is 47.2 cm³/mol. The zero-order valence-corrected chi connectivity index (χ0v) is 7.22. The number of nitro groups is 1. The molecule has 1 rings (SSSR count). The lowest BCUT2D eigenvalue weighted by Gasteiger charge is -1.99. The Balaban J connectivity index is 2.55. The van der Waals surface area contributed by atoms with E-state index < -0.39 is 4.92 Å². The van der Waals surface area contributed by atoms with Crippen molar-refractivity contribution < 1.29 is 4.92 Å². The third-order valence-electron chi connectivity index (χ3n) is 1.71. The highest BCUT2D eigenvalue weighted by molar-refractivity contribution is 5.06. The summed E-state index contributed by atoms with van der Waals surface area (Å²) in [5.41, 5.74) is 5.31. The topological polar surface area (TPSA) is 87.0 Å². The number of nitrogens with two attached hydrogens (primary N) is 1. The van der Waals surface area contributed by atoms with Crippen molar-refractivity contribution in [3.8, 4) is 0 Å². The van der Waals surface area contributed by atoms with Crippen LogP contribution in [0.4, 0.5) is 5.95 Å². The molecule has 0 amide bonds. The van der Waals surface area contributed by atoms with E-state index >= 15 is 0 Å². The standard InChI is InChI=1S/C7H12N4O2/c8-3-1-2-5-10-6-4-9-7(10)11(12)13/h4,6H,1-3,5,8H2. The van der Waals surface area contributed by atoms with Gasteiger partial charge in [-0.25, -0.2) is 4.57 Å². The molecule has 0 saturated carbocycles. The molecule has 0 fully saturated rings. The summed E-state index contributed by atoms with van der Waals surface area (Å²) < 4.78 is 1.52. The zero-order chi connectivity index (χ0) is 9.68. The molecule has 1 aromatic heterocycles. The van der Waals surface area contributed by atoms with E-state index in [0.717, 1.165) is 12.8 Å². The number of aromatic nitrogens is 2. The van der Waals surface area contributed by atoms with Gasteiger partial charge in [-0.3, -0.25) is 0 Å². The third kappa shape index (κ3) is 2.51. The van der Waals surface area contributed by atoms with Crippen LogP contribution in [-0.2, 0) is 6.54 Å². The maximum absolute atomic E-state index is 10.4. The molecular formula is C7H12N4O2. The second-order valence-corrected chi connectivity index (χ2v) is 2.67. The number of hydrogen-bond acceptors (Lipinski definition) is 4. The Hall–Kier alpha value is -1.43. The quantitative estimate of drug-likeness (QED) is 0.410. The van der Waals surface area contributed by atoms with Crippen molar-refractivity contribution in [2.24, 2.45) is 5.73 Å². The number of unbranched alkanes of at least 4 members (excludes halogenated alkanes) is 1. The van der Waals surface area contributed by atoms with E-state index in [1.165, 1.54) is 10.8 Å². The van der Waals surface area contributed by atoms with Crippen molar-refractivity contribution in [3.05, 3.63) is 22.5 Å². The number of nitrogens with zero attached hydrogens (tertiary/aromatic N) is 3. The first-order chi connectivity index (χ1) is 6.25. The van der Waals surface area contributed by atoms with Crippen LogP contribution in [-0.4, -0.2) is 21.0 Å². The highest BCUT2D eigenvalue weighted by Crippen LogP contribution is 2.08. The normalized spacial score (nSPS) is 10.2. The highest BCUT2D eigenvalue weighted by atomic mass is 16.6. The lowest BCUT2D eigenvalue weighted by Crippen LogP contribution is -2.05. The van der Waals surface area contributed by atoms with Crippen LogP contribution < -0.4 is 5.73 Å². The van der Waals surface area contributed by atoms with Gasteiger partial charge in [0.15, 0.2) is 0 Å². The van der Waals surface area contributed by atoms with E-state index in [1.807, 2.05) is 0 Å². The summed E-state index contributed by atoms with van der Waals surface area (Å²) >= 11 is 0. The van der Waals surface area contributed by atoms with E-state index in [4.69, 9.17) is 5.73 Å². The lowest BCUT2D eigenvalue weighted by molar-refractivity contribution is -0.396. The summed E-state index contributed by atoms with van der Waals surface area (Å²) in [5, 5.41) is 10.4. The molecule has 0 bridgehead atoms. The SMILES string of the molecule is NCCCCn1ccnc1[N+](=O)[O-]. The van der Waals surface area contributed by atoms with Gasteiger partial charge in [0, 0.05) is 0 Å². The fourth-order valence-electron chi connectivity index (χ4n) is 1.07. The van der Waals surface area contributed by atoms with Crippen LogP contribution in [0, 0.1) is 10.1 Å². The van der Waals surface area contributed by atoms with Gasteiger partial charge in [-0.1, -0.05) is 4.98 Å². The van der Waals surface area contributed by atoms with Gasteiger partial charge in [0.1, 0.15) is 12.4 Å². The summed E-state index contributed by atoms with van der Waals surface area (Å²) in [6.07, 6.45) is 4.75. The molecular weight excluding hydrogens is 172 g/mol. The fourth-order valence-corrected chi connectivity index (χ4v) is 1.07. The Bertz CT molecular complexity index is 284. The molecule has 0 aliphatic heterocycles. The Kier molecular flexibility index (Phi) is 3.39. The van der Waals surface area contributed by atoms with Gasteiger partial charge < -0.3 is 15.8 Å². The minimum absolute atomic E-state index is 0.1000. The highest BCUT2D eigenvalue weighted by Gasteiger charge is 2.12. The van der Waals surface area contributed by atoms with E-state index in [0.29, 0.717) is 13.1 Å². The summed E-state index contributed by atoms with van der Waals surface area (Å²) in [6.45, 7) is 1.22. The molecule has 6 nitrogen and oxygen atoms in total. The molecule has 0 radical (unpaired) electrons. The van der Waals surface area contributed by atoms with Crippen molar-refractivity contribution in [1.82, 2.24) is 9.55 Å². The van der Waals surface area contributed by atoms with Gasteiger partial charge in [0.05, 0.1) is 6.54 Å². The summed E-state index contributed by atoms with van der Waals surface area (Å²) in [6, 6.07) is 0. The number of rotatable bonds is 5. The van der Waals surface area contributed by atoms with Gasteiger partial charge in [-0.05, 0) is 24.3 Å². The molecule has 2 N–H and O–H groups in total. The Morgan fingerprint density at radius 3 is 3.00 bits per heavy atom. The Labute approximate surface area is 75.5 Å². The minimum Gasteiger partial charge on any atom is -0.390 e. The van der Waals surface area contributed by atoms with Crippen LogP contribution in [0.2, 0.25) is 0 Å². The molecule has 0 saturated heterocycles. The van der Waals surface area contributed by atoms with Crippen LogP contribution in [0.3, 0.4) is 0 Å². The molecule has 0 spiro atoms. The molecule has 0 atom stereocenters. The van der Waals surface area contributed by atoms with Crippen molar-refractivity contribution in [3.63, 3.8) is 0 Å². The van der Waals surface area contributed by atoms with Crippen LogP contribution in [0.15, 0.2) is 12.4 Å². The largest absolute Gasteiger partial charge is 0.434 e. The summed E-state index contributed by atoms with van der Waals surface area (Å²) in [7, 11) is 0. The van der Waals surface area contributed by atoms with E-state index in [2.05, 4.69) is 4.98 Å². The smallest absolute Gasteiger partial charge is 0.390 e. The van der Waals surface area contributed by atoms with E-state index in [9.17, 15) is 10.1 Å². The molecule has 1 aromatic rings. The minimum atomic E-state index is -0.484. The number of aryl methyl sites for hydroxylation is 1. The molecule has 0 unspecified atom stereocenters. The first kappa shape index (κ1) is 9.66. The fraction of sp³-hybridized carbons (Fsp3) is 0.571.